The summed E-state index contributed by atoms with van der Waals surface area (Å²) in [5.41, 5.74) is 1.23. The van der Waals surface area contributed by atoms with Crippen molar-refractivity contribution in [1.82, 2.24) is 14.9 Å². The minimum absolute atomic E-state index is 0.00407. The highest BCUT2D eigenvalue weighted by Crippen LogP contribution is 2.34. The standard InChI is InChI=1S/C18H23N3O2S2/c22-15(21-8-2-1-3-9-21)7-10-24-11-14-19-17(23)16-12-5-4-6-13(12)25-18(16)20-14/h1-11H2,(H,19,20,23). The van der Waals surface area contributed by atoms with Gasteiger partial charge >= 0.3 is 0 Å². The zero-order chi connectivity index (χ0) is 17.2. The van der Waals surface area contributed by atoms with E-state index in [1.165, 1.54) is 16.9 Å². The normalized spacial score (nSPS) is 17.2. The molecule has 1 N–H and O–H groups in total. The summed E-state index contributed by atoms with van der Waals surface area (Å²) in [6.07, 6.45) is 7.32. The molecule has 1 amide bonds. The highest BCUT2D eigenvalue weighted by Gasteiger charge is 2.21. The fraction of sp³-hybridized carbons (Fsp3) is 0.611. The van der Waals surface area contributed by atoms with Gasteiger partial charge < -0.3 is 9.88 Å². The molecule has 2 aromatic heterocycles. The van der Waals surface area contributed by atoms with Crippen LogP contribution >= 0.6 is 23.1 Å². The second-order valence-corrected chi connectivity index (χ2v) is 8.98. The molecule has 25 heavy (non-hydrogen) atoms. The summed E-state index contributed by atoms with van der Waals surface area (Å²) in [6.45, 7) is 1.83. The number of carbonyl (C=O) groups excluding carboxylic acids is 1. The summed E-state index contributed by atoms with van der Waals surface area (Å²) >= 11 is 3.35. The predicted octanol–water partition coefficient (Wildman–Crippen LogP) is 3.11. The first-order valence-corrected chi connectivity index (χ1v) is 11.1. The number of carbonyl (C=O) groups is 1. The number of aromatic amines is 1. The van der Waals surface area contributed by atoms with Crippen molar-refractivity contribution in [2.45, 2.75) is 50.7 Å². The SMILES string of the molecule is O=C(CCSCc1nc2sc3c(c2c(=O)[nH]1)CCC3)N1CCCCC1. The molecule has 0 radical (unpaired) electrons. The van der Waals surface area contributed by atoms with E-state index in [2.05, 4.69) is 9.97 Å². The second-order valence-electron chi connectivity index (χ2n) is 6.79. The van der Waals surface area contributed by atoms with Gasteiger partial charge in [0.15, 0.2) is 0 Å². The number of likely N-dealkylation sites (tertiary alicyclic amines) is 1. The maximum absolute atomic E-state index is 12.4. The van der Waals surface area contributed by atoms with Crippen molar-refractivity contribution in [2.24, 2.45) is 0 Å². The monoisotopic (exact) mass is 377 g/mol. The van der Waals surface area contributed by atoms with Gasteiger partial charge in [0.25, 0.3) is 5.56 Å². The van der Waals surface area contributed by atoms with Crippen molar-refractivity contribution in [3.8, 4) is 0 Å². The Morgan fingerprint density at radius 1 is 1.20 bits per heavy atom. The van der Waals surface area contributed by atoms with Crippen molar-refractivity contribution < 1.29 is 4.79 Å². The van der Waals surface area contributed by atoms with Crippen molar-refractivity contribution in [3.63, 3.8) is 0 Å². The topological polar surface area (TPSA) is 66.1 Å². The van der Waals surface area contributed by atoms with Crippen molar-refractivity contribution in [1.29, 1.82) is 0 Å². The molecule has 0 saturated carbocycles. The number of rotatable bonds is 5. The van der Waals surface area contributed by atoms with E-state index in [0.717, 1.165) is 67.0 Å². The molecular weight excluding hydrogens is 354 g/mol. The fourth-order valence-corrected chi connectivity index (χ4v) is 5.82. The highest BCUT2D eigenvalue weighted by molar-refractivity contribution is 7.98. The number of aryl methyl sites for hydroxylation is 2. The van der Waals surface area contributed by atoms with E-state index in [9.17, 15) is 9.59 Å². The van der Waals surface area contributed by atoms with Crippen LogP contribution < -0.4 is 5.56 Å². The third-order valence-corrected chi connectivity index (χ3v) is 7.19. The largest absolute Gasteiger partial charge is 0.343 e. The molecule has 0 unspecified atom stereocenters. The molecule has 1 aliphatic heterocycles. The number of amides is 1. The van der Waals surface area contributed by atoms with Crippen LogP contribution in [0.3, 0.4) is 0 Å². The van der Waals surface area contributed by atoms with Crippen LogP contribution in [0.15, 0.2) is 4.79 Å². The summed E-state index contributed by atoms with van der Waals surface area (Å²) < 4.78 is 0. The molecule has 3 heterocycles. The number of hydrogen-bond donors (Lipinski definition) is 1. The number of piperidine rings is 1. The molecule has 5 nitrogen and oxygen atoms in total. The quantitative estimate of drug-likeness (QED) is 0.813. The Hall–Kier alpha value is -1.34. The van der Waals surface area contributed by atoms with Gasteiger partial charge in [-0.15, -0.1) is 11.3 Å². The van der Waals surface area contributed by atoms with Crippen molar-refractivity contribution in [3.05, 3.63) is 26.6 Å². The lowest BCUT2D eigenvalue weighted by atomic mass is 10.1. The van der Waals surface area contributed by atoms with E-state index >= 15 is 0 Å². The van der Waals surface area contributed by atoms with Crippen LogP contribution in [-0.2, 0) is 23.4 Å². The predicted molar refractivity (Wildman–Crippen MR) is 103 cm³/mol. The Morgan fingerprint density at radius 2 is 2.04 bits per heavy atom. The van der Waals surface area contributed by atoms with E-state index in [1.807, 2.05) is 4.90 Å². The van der Waals surface area contributed by atoms with Gasteiger partial charge in [0.2, 0.25) is 5.91 Å². The molecule has 2 aliphatic rings. The first-order chi connectivity index (χ1) is 12.2. The zero-order valence-electron chi connectivity index (χ0n) is 14.3. The lowest BCUT2D eigenvalue weighted by Crippen LogP contribution is -2.35. The van der Waals surface area contributed by atoms with Crippen LogP contribution in [0.1, 0.15) is 48.4 Å². The first kappa shape index (κ1) is 17.1. The smallest absolute Gasteiger partial charge is 0.259 e. The minimum Gasteiger partial charge on any atom is -0.343 e. The average molecular weight is 378 g/mol. The molecule has 134 valence electrons. The van der Waals surface area contributed by atoms with E-state index in [4.69, 9.17) is 0 Å². The Bertz CT molecular complexity index is 837. The number of nitrogens with one attached hydrogen (secondary N) is 1. The van der Waals surface area contributed by atoms with Crippen LogP contribution in [0.2, 0.25) is 0 Å². The van der Waals surface area contributed by atoms with Gasteiger partial charge in [-0.05, 0) is 44.1 Å². The highest BCUT2D eigenvalue weighted by atomic mass is 32.2. The minimum atomic E-state index is 0.00407. The van der Waals surface area contributed by atoms with E-state index in [0.29, 0.717) is 12.2 Å². The molecule has 0 spiro atoms. The number of thioether (sulfide) groups is 1. The van der Waals surface area contributed by atoms with E-state index in [1.54, 1.807) is 23.1 Å². The Labute approximate surface area is 155 Å². The van der Waals surface area contributed by atoms with Gasteiger partial charge in [-0.3, -0.25) is 9.59 Å². The number of fused-ring (bicyclic) bond motifs is 3. The third-order valence-electron chi connectivity index (χ3n) is 5.03. The molecule has 4 rings (SSSR count). The Morgan fingerprint density at radius 3 is 2.88 bits per heavy atom. The molecular formula is C18H23N3O2S2. The lowest BCUT2D eigenvalue weighted by Gasteiger charge is -2.26. The second kappa shape index (κ2) is 7.50. The van der Waals surface area contributed by atoms with Crippen LogP contribution in [0, 0.1) is 0 Å². The molecule has 0 bridgehead atoms. The van der Waals surface area contributed by atoms with Crippen LogP contribution in [0.5, 0.6) is 0 Å². The Balaban J connectivity index is 1.34. The zero-order valence-corrected chi connectivity index (χ0v) is 15.9. The van der Waals surface area contributed by atoms with Crippen molar-refractivity contribution >= 4 is 39.2 Å². The van der Waals surface area contributed by atoms with Crippen LogP contribution in [0.25, 0.3) is 10.2 Å². The molecule has 2 aromatic rings. The van der Waals surface area contributed by atoms with Crippen LogP contribution in [0.4, 0.5) is 0 Å². The van der Waals surface area contributed by atoms with Gasteiger partial charge in [-0.25, -0.2) is 4.98 Å². The van der Waals surface area contributed by atoms with Gasteiger partial charge in [0.05, 0.1) is 11.1 Å². The molecule has 0 aromatic carbocycles. The fourth-order valence-electron chi connectivity index (χ4n) is 3.74. The number of thiophene rings is 1. The number of H-pyrrole nitrogens is 1. The maximum atomic E-state index is 12.4. The molecule has 1 saturated heterocycles. The van der Waals surface area contributed by atoms with Crippen molar-refractivity contribution in [2.75, 3.05) is 18.8 Å². The summed E-state index contributed by atoms with van der Waals surface area (Å²) in [4.78, 5) is 36.4. The van der Waals surface area contributed by atoms with E-state index in [-0.39, 0.29) is 11.5 Å². The number of aromatic nitrogens is 2. The third kappa shape index (κ3) is 3.62. The van der Waals surface area contributed by atoms with Gasteiger partial charge in [0.1, 0.15) is 10.7 Å². The summed E-state index contributed by atoms with van der Waals surface area (Å²) in [5, 5.41) is 0.812. The molecule has 0 atom stereocenters. The molecule has 1 aliphatic carbocycles. The van der Waals surface area contributed by atoms with Gasteiger partial charge in [-0.2, -0.15) is 11.8 Å². The van der Waals surface area contributed by atoms with Gasteiger partial charge in [-0.1, -0.05) is 0 Å². The average Bonchev–Trinajstić information content (AvgIpc) is 3.20. The lowest BCUT2D eigenvalue weighted by molar-refractivity contribution is -0.131. The summed E-state index contributed by atoms with van der Waals surface area (Å²) in [5.74, 6) is 2.42. The maximum Gasteiger partial charge on any atom is 0.259 e. The van der Waals surface area contributed by atoms with Gasteiger partial charge in [0, 0.05) is 30.1 Å². The first-order valence-electron chi connectivity index (χ1n) is 9.11. The molecule has 1 fully saturated rings. The molecule has 7 heteroatoms. The van der Waals surface area contributed by atoms with Crippen LogP contribution in [-0.4, -0.2) is 39.6 Å². The summed E-state index contributed by atoms with van der Waals surface area (Å²) in [6, 6.07) is 0. The summed E-state index contributed by atoms with van der Waals surface area (Å²) in [7, 11) is 0. The number of nitrogens with zero attached hydrogens (tertiary/aromatic N) is 2. The Kier molecular flexibility index (Phi) is 5.12. The van der Waals surface area contributed by atoms with E-state index < -0.39 is 0 Å². The number of hydrogen-bond acceptors (Lipinski definition) is 5.